The Morgan fingerprint density at radius 3 is 2.91 bits per heavy atom. The lowest BCUT2D eigenvalue weighted by Crippen LogP contribution is -2.46. The summed E-state index contributed by atoms with van der Waals surface area (Å²) in [5, 5.41) is 0. The summed E-state index contributed by atoms with van der Waals surface area (Å²) in [7, 11) is 0. The number of carbonyl (C=O) groups is 1. The summed E-state index contributed by atoms with van der Waals surface area (Å²) in [4.78, 5) is 10.3. The van der Waals surface area contributed by atoms with Gasteiger partial charge in [-0.3, -0.25) is 0 Å². The molecular weight excluding hydrogens is 148 g/mol. The van der Waals surface area contributed by atoms with Gasteiger partial charge in [-0.1, -0.05) is 0 Å². The van der Waals surface area contributed by atoms with Crippen molar-refractivity contribution in [3.8, 4) is 0 Å². The van der Waals surface area contributed by atoms with Crippen LogP contribution in [0.3, 0.4) is 0 Å². The molecule has 11 heavy (non-hydrogen) atoms. The van der Waals surface area contributed by atoms with Crippen molar-refractivity contribution in [3.63, 3.8) is 0 Å². The number of ether oxygens (including phenoxy) is 2. The fourth-order valence-electron chi connectivity index (χ4n) is 1.04. The second kappa shape index (κ2) is 3.54. The van der Waals surface area contributed by atoms with E-state index in [9.17, 15) is 4.79 Å². The Labute approximate surface area is 64.6 Å². The topological polar surface area (TPSA) is 87.6 Å². The first-order valence-corrected chi connectivity index (χ1v) is 3.49. The first-order chi connectivity index (χ1) is 5.20. The summed E-state index contributed by atoms with van der Waals surface area (Å²) in [5.41, 5.74) is 10.4. The van der Waals surface area contributed by atoms with E-state index in [4.69, 9.17) is 20.9 Å². The molecule has 0 aliphatic carbocycles. The van der Waals surface area contributed by atoms with Crippen molar-refractivity contribution in [2.75, 3.05) is 13.2 Å². The van der Waals surface area contributed by atoms with Crippen LogP contribution in [0, 0.1) is 0 Å². The molecule has 5 nitrogen and oxygen atoms in total. The number of amides is 1. The van der Waals surface area contributed by atoms with Crippen molar-refractivity contribution >= 4 is 6.09 Å². The standard InChI is InChI=1S/C6H12N2O3/c7-4-3-10-2-1-5(4)11-6(8)9/h4-5H,1-3,7H2,(H2,8,9)/t4-,5+/m0/s1. The lowest BCUT2D eigenvalue weighted by molar-refractivity contribution is -0.0110. The maximum Gasteiger partial charge on any atom is 0.404 e. The lowest BCUT2D eigenvalue weighted by atomic mass is 10.1. The van der Waals surface area contributed by atoms with Crippen LogP contribution in [0.15, 0.2) is 0 Å². The zero-order valence-corrected chi connectivity index (χ0v) is 6.16. The van der Waals surface area contributed by atoms with Gasteiger partial charge < -0.3 is 20.9 Å². The van der Waals surface area contributed by atoms with Gasteiger partial charge in [0.2, 0.25) is 0 Å². The zero-order valence-electron chi connectivity index (χ0n) is 6.16. The Bertz CT molecular complexity index is 151. The highest BCUT2D eigenvalue weighted by molar-refractivity contribution is 5.64. The number of hydrogen-bond acceptors (Lipinski definition) is 4. The first kappa shape index (κ1) is 8.29. The molecule has 5 heteroatoms. The Hall–Kier alpha value is -0.810. The highest BCUT2D eigenvalue weighted by atomic mass is 16.6. The molecule has 1 saturated heterocycles. The van der Waals surface area contributed by atoms with Crippen LogP contribution in [0.25, 0.3) is 0 Å². The summed E-state index contributed by atoms with van der Waals surface area (Å²) in [6.45, 7) is 1.00. The van der Waals surface area contributed by atoms with Gasteiger partial charge in [0.15, 0.2) is 0 Å². The van der Waals surface area contributed by atoms with Crippen LogP contribution in [-0.4, -0.2) is 31.5 Å². The van der Waals surface area contributed by atoms with Crippen LogP contribution < -0.4 is 11.5 Å². The highest BCUT2D eigenvalue weighted by Crippen LogP contribution is 2.09. The Morgan fingerprint density at radius 1 is 1.64 bits per heavy atom. The first-order valence-electron chi connectivity index (χ1n) is 3.49. The minimum atomic E-state index is -0.771. The summed E-state index contributed by atoms with van der Waals surface area (Å²) in [6.07, 6.45) is -0.419. The second-order valence-corrected chi connectivity index (χ2v) is 2.50. The maximum absolute atomic E-state index is 10.3. The Balaban J connectivity index is 2.35. The molecule has 1 aliphatic heterocycles. The van der Waals surface area contributed by atoms with Gasteiger partial charge in [-0.15, -0.1) is 0 Å². The molecule has 0 aromatic rings. The van der Waals surface area contributed by atoms with E-state index in [2.05, 4.69) is 0 Å². The monoisotopic (exact) mass is 160 g/mol. The molecule has 64 valence electrons. The van der Waals surface area contributed by atoms with Crippen molar-refractivity contribution in [2.45, 2.75) is 18.6 Å². The zero-order chi connectivity index (χ0) is 8.27. The molecule has 1 amide bonds. The third kappa shape index (κ3) is 2.36. The number of carbonyl (C=O) groups excluding carboxylic acids is 1. The van der Waals surface area contributed by atoms with Crippen LogP contribution in [0.4, 0.5) is 4.79 Å². The fourth-order valence-corrected chi connectivity index (χ4v) is 1.04. The molecule has 0 aromatic heterocycles. The average Bonchev–Trinajstić information content (AvgIpc) is 1.93. The van der Waals surface area contributed by atoms with E-state index >= 15 is 0 Å². The molecule has 2 atom stereocenters. The minimum Gasteiger partial charge on any atom is -0.445 e. The van der Waals surface area contributed by atoms with Crippen molar-refractivity contribution in [1.82, 2.24) is 0 Å². The van der Waals surface area contributed by atoms with Crippen LogP contribution >= 0.6 is 0 Å². The van der Waals surface area contributed by atoms with Gasteiger partial charge in [-0.05, 0) is 0 Å². The van der Waals surface area contributed by atoms with Gasteiger partial charge in [0, 0.05) is 6.42 Å². The quantitative estimate of drug-likeness (QED) is 0.525. The van der Waals surface area contributed by atoms with Crippen LogP contribution in [0.2, 0.25) is 0 Å². The number of hydrogen-bond donors (Lipinski definition) is 2. The Morgan fingerprint density at radius 2 is 2.36 bits per heavy atom. The molecule has 4 N–H and O–H groups in total. The smallest absolute Gasteiger partial charge is 0.404 e. The van der Waals surface area contributed by atoms with Crippen LogP contribution in [0.5, 0.6) is 0 Å². The van der Waals surface area contributed by atoms with E-state index in [0.29, 0.717) is 19.6 Å². The third-order valence-electron chi connectivity index (χ3n) is 1.60. The van der Waals surface area contributed by atoms with Gasteiger partial charge in [-0.25, -0.2) is 4.79 Å². The van der Waals surface area contributed by atoms with E-state index in [1.54, 1.807) is 0 Å². The van der Waals surface area contributed by atoms with E-state index in [0.717, 1.165) is 0 Å². The molecule has 0 spiro atoms. The molecule has 0 aromatic carbocycles. The molecule has 1 aliphatic rings. The molecule has 0 unspecified atom stereocenters. The van der Waals surface area contributed by atoms with Gasteiger partial charge >= 0.3 is 6.09 Å². The molecule has 0 saturated carbocycles. The van der Waals surface area contributed by atoms with Gasteiger partial charge in [0.05, 0.1) is 19.3 Å². The van der Waals surface area contributed by atoms with E-state index in [1.807, 2.05) is 0 Å². The van der Waals surface area contributed by atoms with E-state index in [-0.39, 0.29) is 12.1 Å². The normalized spacial score (nSPS) is 31.4. The van der Waals surface area contributed by atoms with Gasteiger partial charge in [-0.2, -0.15) is 0 Å². The van der Waals surface area contributed by atoms with Gasteiger partial charge in [0.25, 0.3) is 0 Å². The number of rotatable bonds is 1. The van der Waals surface area contributed by atoms with Crippen molar-refractivity contribution < 1.29 is 14.3 Å². The van der Waals surface area contributed by atoms with Gasteiger partial charge in [0.1, 0.15) is 6.10 Å². The molecular formula is C6H12N2O3. The maximum atomic E-state index is 10.3. The van der Waals surface area contributed by atoms with Crippen molar-refractivity contribution in [2.24, 2.45) is 11.5 Å². The summed E-state index contributed by atoms with van der Waals surface area (Å²) >= 11 is 0. The number of primary amides is 1. The third-order valence-corrected chi connectivity index (χ3v) is 1.60. The largest absolute Gasteiger partial charge is 0.445 e. The lowest BCUT2D eigenvalue weighted by Gasteiger charge is -2.27. The molecule has 1 heterocycles. The predicted octanol–water partition coefficient (Wildman–Crippen LogP) is -0.802. The predicted molar refractivity (Wildman–Crippen MR) is 37.9 cm³/mol. The molecule has 0 radical (unpaired) electrons. The average molecular weight is 160 g/mol. The van der Waals surface area contributed by atoms with E-state index < -0.39 is 6.09 Å². The molecule has 0 bridgehead atoms. The summed E-state index contributed by atoms with van der Waals surface area (Å²) < 4.78 is 9.77. The number of nitrogens with two attached hydrogens (primary N) is 2. The summed E-state index contributed by atoms with van der Waals surface area (Å²) in [5.74, 6) is 0. The minimum absolute atomic E-state index is 0.240. The highest BCUT2D eigenvalue weighted by Gasteiger charge is 2.24. The fraction of sp³-hybridized carbons (Fsp3) is 0.833. The van der Waals surface area contributed by atoms with Crippen molar-refractivity contribution in [1.29, 1.82) is 0 Å². The Kier molecular flexibility index (Phi) is 2.67. The van der Waals surface area contributed by atoms with Crippen LogP contribution in [-0.2, 0) is 9.47 Å². The SMILES string of the molecule is NC(=O)O[C@@H]1CCOC[C@@H]1N. The molecule has 1 fully saturated rings. The van der Waals surface area contributed by atoms with Crippen molar-refractivity contribution in [3.05, 3.63) is 0 Å². The van der Waals surface area contributed by atoms with Crippen LogP contribution in [0.1, 0.15) is 6.42 Å². The second-order valence-electron chi connectivity index (χ2n) is 2.50. The summed E-state index contributed by atoms with van der Waals surface area (Å²) in [6, 6.07) is -0.240. The molecule has 1 rings (SSSR count). The van der Waals surface area contributed by atoms with E-state index in [1.165, 1.54) is 0 Å².